The lowest BCUT2D eigenvalue weighted by Crippen LogP contribution is -2.04. The van der Waals surface area contributed by atoms with Crippen molar-refractivity contribution in [2.24, 2.45) is 0 Å². The van der Waals surface area contributed by atoms with Crippen LogP contribution in [0.3, 0.4) is 0 Å². The first kappa shape index (κ1) is 19.1. The van der Waals surface area contributed by atoms with E-state index in [2.05, 4.69) is 11.1 Å². The van der Waals surface area contributed by atoms with E-state index in [0.717, 1.165) is 11.1 Å². The van der Waals surface area contributed by atoms with Crippen molar-refractivity contribution in [2.45, 2.75) is 6.92 Å². The number of nitrogens with two attached hydrogens (primary N) is 1. The second kappa shape index (κ2) is 7.89. The van der Waals surface area contributed by atoms with Crippen molar-refractivity contribution in [2.75, 3.05) is 27.1 Å². The molecule has 2 aromatic carbocycles. The summed E-state index contributed by atoms with van der Waals surface area (Å²) < 4.78 is 16.4. The predicted molar refractivity (Wildman–Crippen MR) is 109 cm³/mol. The van der Waals surface area contributed by atoms with Crippen LogP contribution >= 0.6 is 0 Å². The van der Waals surface area contributed by atoms with Gasteiger partial charge in [-0.1, -0.05) is 30.3 Å². The van der Waals surface area contributed by atoms with Crippen LogP contribution in [0.5, 0.6) is 17.2 Å². The lowest BCUT2D eigenvalue weighted by Gasteiger charge is -2.19. The second-order valence-electron chi connectivity index (χ2n) is 6.11. The van der Waals surface area contributed by atoms with E-state index in [1.807, 2.05) is 37.3 Å². The Morgan fingerprint density at radius 3 is 2.11 bits per heavy atom. The van der Waals surface area contributed by atoms with E-state index in [0.29, 0.717) is 39.6 Å². The smallest absolute Gasteiger partial charge is 0.164 e. The van der Waals surface area contributed by atoms with Crippen molar-refractivity contribution < 1.29 is 14.2 Å². The van der Waals surface area contributed by atoms with Crippen LogP contribution in [-0.2, 0) is 0 Å². The number of aromatic nitrogens is 1. The van der Waals surface area contributed by atoms with Crippen LogP contribution in [0.2, 0.25) is 0 Å². The van der Waals surface area contributed by atoms with Gasteiger partial charge in [-0.25, -0.2) is 4.98 Å². The Morgan fingerprint density at radius 2 is 1.54 bits per heavy atom. The summed E-state index contributed by atoms with van der Waals surface area (Å²) in [7, 11) is 4.68. The van der Waals surface area contributed by atoms with Crippen LogP contribution < -0.4 is 19.9 Å². The van der Waals surface area contributed by atoms with Crippen molar-refractivity contribution in [3.05, 3.63) is 53.6 Å². The van der Waals surface area contributed by atoms with Gasteiger partial charge in [0.15, 0.2) is 11.5 Å². The van der Waals surface area contributed by atoms with Crippen LogP contribution in [0.15, 0.2) is 42.5 Å². The Bertz CT molecular complexity index is 1060. The molecule has 0 amide bonds. The van der Waals surface area contributed by atoms with Gasteiger partial charge < -0.3 is 19.9 Å². The lowest BCUT2D eigenvalue weighted by atomic mass is 9.92. The topological polar surface area (TPSA) is 90.4 Å². The van der Waals surface area contributed by atoms with Crippen molar-refractivity contribution in [1.29, 1.82) is 5.26 Å². The number of pyridine rings is 1. The molecule has 0 bridgehead atoms. The van der Waals surface area contributed by atoms with Gasteiger partial charge in [0, 0.05) is 22.8 Å². The largest absolute Gasteiger partial charge is 0.496 e. The van der Waals surface area contributed by atoms with Gasteiger partial charge in [0.25, 0.3) is 0 Å². The number of hydrogen-bond acceptors (Lipinski definition) is 6. The summed E-state index contributed by atoms with van der Waals surface area (Å²) in [6, 6.07) is 15.4. The van der Waals surface area contributed by atoms with E-state index < -0.39 is 0 Å². The van der Waals surface area contributed by atoms with E-state index in [-0.39, 0.29) is 5.82 Å². The molecular weight excluding hydrogens is 354 g/mol. The Morgan fingerprint density at radius 1 is 0.929 bits per heavy atom. The highest BCUT2D eigenvalue weighted by Gasteiger charge is 2.23. The average Bonchev–Trinajstić information content (AvgIpc) is 2.74. The fourth-order valence-electron chi connectivity index (χ4n) is 3.25. The standard InChI is InChI=1S/C22H21N3O3/c1-13-20(15-10-18(27-3)19(28-4)11-17(15)26-2)16(12-23)22(24)25-21(13)14-8-6-5-7-9-14/h5-11H,1-4H3,(H2,24,25). The van der Waals surface area contributed by atoms with Gasteiger partial charge in [0.05, 0.1) is 27.0 Å². The maximum Gasteiger partial charge on any atom is 0.164 e. The zero-order valence-electron chi connectivity index (χ0n) is 16.2. The van der Waals surface area contributed by atoms with Gasteiger partial charge in [0.1, 0.15) is 23.2 Å². The van der Waals surface area contributed by atoms with Gasteiger partial charge in [-0.05, 0) is 18.6 Å². The molecule has 6 nitrogen and oxygen atoms in total. The number of nitriles is 1. The van der Waals surface area contributed by atoms with Gasteiger partial charge in [0.2, 0.25) is 0 Å². The zero-order chi connectivity index (χ0) is 20.3. The summed E-state index contributed by atoms with van der Waals surface area (Å²) in [5, 5.41) is 9.77. The van der Waals surface area contributed by atoms with Gasteiger partial charge in [-0.15, -0.1) is 0 Å². The minimum absolute atomic E-state index is 0.166. The van der Waals surface area contributed by atoms with Crippen molar-refractivity contribution in [1.82, 2.24) is 4.98 Å². The molecule has 6 heteroatoms. The van der Waals surface area contributed by atoms with Gasteiger partial charge >= 0.3 is 0 Å². The highest BCUT2D eigenvalue weighted by atomic mass is 16.5. The molecule has 1 aromatic heterocycles. The summed E-state index contributed by atoms with van der Waals surface area (Å²) in [6.07, 6.45) is 0. The average molecular weight is 375 g/mol. The summed E-state index contributed by atoms with van der Waals surface area (Å²) in [4.78, 5) is 4.49. The number of anilines is 1. The third kappa shape index (κ3) is 3.19. The molecule has 0 aliphatic carbocycles. The highest BCUT2D eigenvalue weighted by molar-refractivity contribution is 5.87. The summed E-state index contributed by atoms with van der Waals surface area (Å²) >= 11 is 0. The molecule has 0 radical (unpaired) electrons. The first-order chi connectivity index (χ1) is 13.5. The Balaban J connectivity index is 2.39. The molecule has 3 rings (SSSR count). The molecule has 3 aromatic rings. The van der Waals surface area contributed by atoms with Crippen molar-refractivity contribution in [3.63, 3.8) is 0 Å². The number of nitrogens with zero attached hydrogens (tertiary/aromatic N) is 2. The van der Waals surface area contributed by atoms with E-state index in [9.17, 15) is 5.26 Å². The number of hydrogen-bond donors (Lipinski definition) is 1. The summed E-state index contributed by atoms with van der Waals surface area (Å²) in [5.74, 6) is 1.77. The van der Waals surface area contributed by atoms with Crippen LogP contribution in [0.25, 0.3) is 22.4 Å². The van der Waals surface area contributed by atoms with Gasteiger partial charge in [-0.3, -0.25) is 0 Å². The number of methoxy groups -OCH3 is 3. The highest BCUT2D eigenvalue weighted by Crippen LogP contribution is 2.44. The Kier molecular flexibility index (Phi) is 5.37. The Hall–Kier alpha value is -3.72. The van der Waals surface area contributed by atoms with E-state index in [1.165, 1.54) is 0 Å². The lowest BCUT2D eigenvalue weighted by molar-refractivity contribution is 0.349. The molecule has 0 saturated heterocycles. The zero-order valence-corrected chi connectivity index (χ0v) is 16.2. The normalized spacial score (nSPS) is 10.2. The third-order valence-electron chi connectivity index (χ3n) is 4.60. The van der Waals surface area contributed by atoms with Crippen LogP contribution in [0.4, 0.5) is 5.82 Å². The molecule has 0 saturated carbocycles. The molecule has 0 atom stereocenters. The fourth-order valence-corrected chi connectivity index (χ4v) is 3.25. The molecular formula is C22H21N3O3. The molecule has 2 N–H and O–H groups in total. The van der Waals surface area contributed by atoms with E-state index >= 15 is 0 Å². The maximum absolute atomic E-state index is 9.77. The van der Waals surface area contributed by atoms with Crippen LogP contribution in [-0.4, -0.2) is 26.3 Å². The minimum atomic E-state index is 0.166. The quantitative estimate of drug-likeness (QED) is 0.719. The number of rotatable bonds is 5. The van der Waals surface area contributed by atoms with Crippen molar-refractivity contribution in [3.8, 4) is 45.7 Å². The first-order valence-corrected chi connectivity index (χ1v) is 8.61. The monoisotopic (exact) mass is 375 g/mol. The van der Waals surface area contributed by atoms with Crippen LogP contribution in [0, 0.1) is 18.3 Å². The number of benzene rings is 2. The fraction of sp³-hybridized carbons (Fsp3) is 0.182. The molecule has 142 valence electrons. The SMILES string of the molecule is COc1cc(OC)c(-c2c(C)c(-c3ccccc3)nc(N)c2C#N)cc1OC. The Labute approximate surface area is 164 Å². The molecule has 0 aliphatic heterocycles. The summed E-state index contributed by atoms with van der Waals surface area (Å²) in [5.41, 5.74) is 10.2. The molecule has 1 heterocycles. The first-order valence-electron chi connectivity index (χ1n) is 8.61. The molecule has 28 heavy (non-hydrogen) atoms. The second-order valence-corrected chi connectivity index (χ2v) is 6.11. The molecule has 0 fully saturated rings. The van der Waals surface area contributed by atoms with Crippen LogP contribution in [0.1, 0.15) is 11.1 Å². The summed E-state index contributed by atoms with van der Waals surface area (Å²) in [6.45, 7) is 1.92. The van der Waals surface area contributed by atoms with Crippen molar-refractivity contribution >= 4 is 5.82 Å². The van der Waals surface area contributed by atoms with Gasteiger partial charge in [-0.2, -0.15) is 5.26 Å². The molecule has 0 aliphatic rings. The number of nitrogen functional groups attached to an aromatic ring is 1. The predicted octanol–water partition coefficient (Wildman–Crippen LogP) is 4.20. The van der Waals surface area contributed by atoms with E-state index in [4.69, 9.17) is 19.9 Å². The minimum Gasteiger partial charge on any atom is -0.496 e. The van der Waals surface area contributed by atoms with E-state index in [1.54, 1.807) is 33.5 Å². The number of ether oxygens (including phenoxy) is 3. The molecule has 0 spiro atoms. The maximum atomic E-state index is 9.77. The molecule has 0 unspecified atom stereocenters. The third-order valence-corrected chi connectivity index (χ3v) is 4.60.